The summed E-state index contributed by atoms with van der Waals surface area (Å²) >= 11 is 0. The molecule has 3 aliphatic rings. The molecule has 2 fully saturated rings. The van der Waals surface area contributed by atoms with Crippen LogP contribution in [0.15, 0.2) is 18.2 Å². The van der Waals surface area contributed by atoms with Crippen LogP contribution in [0.4, 0.5) is 0 Å². The van der Waals surface area contributed by atoms with E-state index in [2.05, 4.69) is 12.2 Å². The lowest BCUT2D eigenvalue weighted by Crippen LogP contribution is -2.46. The van der Waals surface area contributed by atoms with Gasteiger partial charge in [0.05, 0.1) is 23.8 Å². The molecule has 4 rings (SSSR count). The van der Waals surface area contributed by atoms with Crippen molar-refractivity contribution in [3.05, 3.63) is 34.9 Å². The Kier molecular flexibility index (Phi) is 5.96. The molecule has 7 nitrogen and oxygen atoms in total. The van der Waals surface area contributed by atoms with Crippen molar-refractivity contribution in [2.45, 2.75) is 51.2 Å². The number of imide groups is 1. The van der Waals surface area contributed by atoms with E-state index in [1.165, 1.54) is 4.90 Å². The number of ether oxygens (including phenoxy) is 1. The molecule has 3 heterocycles. The number of nitrogens with one attached hydrogen (secondary N) is 1. The van der Waals surface area contributed by atoms with Gasteiger partial charge in [-0.2, -0.15) is 0 Å². The maximum atomic E-state index is 13.3. The van der Waals surface area contributed by atoms with Crippen LogP contribution in [0.1, 0.15) is 70.1 Å². The summed E-state index contributed by atoms with van der Waals surface area (Å²) in [5.41, 5.74) is 1.20. The van der Waals surface area contributed by atoms with Gasteiger partial charge in [0.25, 0.3) is 17.7 Å². The van der Waals surface area contributed by atoms with E-state index in [0.717, 1.165) is 45.2 Å². The van der Waals surface area contributed by atoms with Crippen LogP contribution < -0.4 is 5.32 Å². The lowest BCUT2D eigenvalue weighted by molar-refractivity contribution is 0.0475. The molecule has 0 radical (unpaired) electrons. The van der Waals surface area contributed by atoms with Crippen LogP contribution in [-0.4, -0.2) is 72.5 Å². The Morgan fingerprint density at radius 1 is 1.17 bits per heavy atom. The first-order valence-electron chi connectivity index (χ1n) is 10.7. The number of hydrogen-bond acceptors (Lipinski definition) is 5. The minimum atomic E-state index is -0.320. The smallest absolute Gasteiger partial charge is 0.261 e. The van der Waals surface area contributed by atoms with Gasteiger partial charge in [-0.25, -0.2) is 0 Å². The van der Waals surface area contributed by atoms with Crippen molar-refractivity contribution in [2.75, 3.05) is 32.8 Å². The number of carbonyl (C=O) groups is 3. The van der Waals surface area contributed by atoms with Gasteiger partial charge in [-0.3, -0.25) is 19.3 Å². The van der Waals surface area contributed by atoms with E-state index in [0.29, 0.717) is 29.8 Å². The number of piperidine rings is 1. The van der Waals surface area contributed by atoms with Gasteiger partial charge in [0.2, 0.25) is 0 Å². The third-order valence-corrected chi connectivity index (χ3v) is 6.10. The number of amides is 3. The molecule has 0 saturated carbocycles. The molecule has 29 heavy (non-hydrogen) atoms. The molecular weight excluding hydrogens is 370 g/mol. The van der Waals surface area contributed by atoms with Crippen molar-refractivity contribution in [2.24, 2.45) is 0 Å². The molecule has 2 saturated heterocycles. The Morgan fingerprint density at radius 3 is 2.62 bits per heavy atom. The Labute approximate surface area is 171 Å². The van der Waals surface area contributed by atoms with Crippen LogP contribution in [0.25, 0.3) is 0 Å². The van der Waals surface area contributed by atoms with Crippen LogP contribution in [0, 0.1) is 0 Å². The predicted octanol–water partition coefficient (Wildman–Crippen LogP) is 2.07. The summed E-state index contributed by atoms with van der Waals surface area (Å²) in [6, 6.07) is 5.14. The van der Waals surface area contributed by atoms with E-state index in [1.807, 2.05) is 4.90 Å². The summed E-state index contributed by atoms with van der Waals surface area (Å²) in [5.74, 6) is -0.665. The zero-order valence-electron chi connectivity index (χ0n) is 17.0. The topological polar surface area (TPSA) is 79.0 Å². The molecule has 156 valence electrons. The highest BCUT2D eigenvalue weighted by molar-refractivity contribution is 6.22. The molecule has 0 aliphatic carbocycles. The third kappa shape index (κ3) is 3.94. The van der Waals surface area contributed by atoms with E-state index >= 15 is 0 Å². The molecule has 1 N–H and O–H groups in total. The van der Waals surface area contributed by atoms with Crippen LogP contribution in [0.2, 0.25) is 0 Å². The third-order valence-electron chi connectivity index (χ3n) is 6.10. The summed E-state index contributed by atoms with van der Waals surface area (Å²) < 4.78 is 5.59. The van der Waals surface area contributed by atoms with Gasteiger partial charge in [-0.1, -0.05) is 6.92 Å². The first-order chi connectivity index (χ1) is 14.1. The Bertz CT molecular complexity index is 797. The maximum absolute atomic E-state index is 13.3. The second kappa shape index (κ2) is 8.63. The summed E-state index contributed by atoms with van der Waals surface area (Å²) in [4.78, 5) is 42.1. The van der Waals surface area contributed by atoms with Gasteiger partial charge in [0, 0.05) is 24.8 Å². The fourth-order valence-corrected chi connectivity index (χ4v) is 4.56. The molecule has 1 atom stereocenters. The van der Waals surface area contributed by atoms with Crippen LogP contribution in [-0.2, 0) is 4.74 Å². The van der Waals surface area contributed by atoms with Crippen LogP contribution in [0.5, 0.6) is 0 Å². The molecule has 3 aliphatic heterocycles. The number of rotatable bonds is 6. The lowest BCUT2D eigenvalue weighted by Gasteiger charge is -2.34. The summed E-state index contributed by atoms with van der Waals surface area (Å²) in [6.07, 6.45) is 4.48. The standard InChI is InChI=1S/C22H29N3O4/c1-2-11-24(16-7-9-23-10-8-16)20(26)15-5-6-18-19(13-15)22(28)25(21(18)27)14-17-4-3-12-29-17/h5-6,13,16-17,23H,2-4,7-12,14H2,1H3. The fraction of sp³-hybridized carbons (Fsp3) is 0.591. The molecule has 0 spiro atoms. The largest absolute Gasteiger partial charge is 0.376 e. The van der Waals surface area contributed by atoms with E-state index in [1.54, 1.807) is 18.2 Å². The quantitative estimate of drug-likeness (QED) is 0.741. The Hall–Kier alpha value is -2.25. The van der Waals surface area contributed by atoms with Crippen molar-refractivity contribution in [1.82, 2.24) is 15.1 Å². The van der Waals surface area contributed by atoms with Crippen LogP contribution >= 0.6 is 0 Å². The van der Waals surface area contributed by atoms with E-state index < -0.39 is 0 Å². The molecule has 1 aromatic rings. The zero-order valence-corrected chi connectivity index (χ0v) is 17.0. The molecule has 3 amide bonds. The second-order valence-corrected chi connectivity index (χ2v) is 8.10. The van der Waals surface area contributed by atoms with Crippen molar-refractivity contribution < 1.29 is 19.1 Å². The van der Waals surface area contributed by atoms with Crippen molar-refractivity contribution in [1.29, 1.82) is 0 Å². The maximum Gasteiger partial charge on any atom is 0.261 e. The minimum absolute atomic E-state index is 0.0561. The highest BCUT2D eigenvalue weighted by Gasteiger charge is 2.38. The summed E-state index contributed by atoms with van der Waals surface area (Å²) in [6.45, 7) is 5.54. The van der Waals surface area contributed by atoms with Crippen molar-refractivity contribution >= 4 is 17.7 Å². The first kappa shape index (κ1) is 20.0. The average molecular weight is 399 g/mol. The van der Waals surface area contributed by atoms with E-state index in [4.69, 9.17) is 4.74 Å². The number of hydrogen-bond donors (Lipinski definition) is 1. The number of nitrogens with zero attached hydrogens (tertiary/aromatic N) is 2. The SMILES string of the molecule is CCCN(C(=O)c1ccc2c(c1)C(=O)N(CC1CCCO1)C2=O)C1CCNCC1. The Balaban J connectivity index is 1.55. The lowest BCUT2D eigenvalue weighted by atomic mass is 10.0. The zero-order chi connectivity index (χ0) is 20.4. The summed E-state index contributed by atoms with van der Waals surface area (Å²) in [7, 11) is 0. The number of benzene rings is 1. The highest BCUT2D eigenvalue weighted by atomic mass is 16.5. The predicted molar refractivity (Wildman–Crippen MR) is 108 cm³/mol. The van der Waals surface area contributed by atoms with Crippen molar-refractivity contribution in [3.8, 4) is 0 Å². The number of fused-ring (bicyclic) bond motifs is 1. The van der Waals surface area contributed by atoms with Crippen molar-refractivity contribution in [3.63, 3.8) is 0 Å². The molecular formula is C22H29N3O4. The van der Waals surface area contributed by atoms with Gasteiger partial charge < -0.3 is 15.0 Å². The van der Waals surface area contributed by atoms with Gasteiger partial charge >= 0.3 is 0 Å². The fourth-order valence-electron chi connectivity index (χ4n) is 4.56. The van der Waals surface area contributed by atoms with Crippen LogP contribution in [0.3, 0.4) is 0 Å². The summed E-state index contributed by atoms with van der Waals surface area (Å²) in [5, 5.41) is 3.33. The highest BCUT2D eigenvalue weighted by Crippen LogP contribution is 2.27. The van der Waals surface area contributed by atoms with Gasteiger partial charge in [0.15, 0.2) is 0 Å². The normalized spacial score (nSPS) is 22.2. The second-order valence-electron chi connectivity index (χ2n) is 8.10. The first-order valence-corrected chi connectivity index (χ1v) is 10.7. The van der Waals surface area contributed by atoms with Gasteiger partial charge in [-0.05, 0) is 63.4 Å². The van der Waals surface area contributed by atoms with Gasteiger partial charge in [0.1, 0.15) is 0 Å². The molecule has 0 aromatic heterocycles. The van der Waals surface area contributed by atoms with Gasteiger partial charge in [-0.15, -0.1) is 0 Å². The average Bonchev–Trinajstić information content (AvgIpc) is 3.35. The Morgan fingerprint density at radius 2 is 1.93 bits per heavy atom. The van der Waals surface area contributed by atoms with E-state index in [9.17, 15) is 14.4 Å². The molecule has 1 unspecified atom stereocenters. The molecule has 7 heteroatoms. The molecule has 0 bridgehead atoms. The number of carbonyl (C=O) groups excluding carboxylic acids is 3. The van der Waals surface area contributed by atoms with E-state index in [-0.39, 0.29) is 36.4 Å². The molecule has 1 aromatic carbocycles. The monoisotopic (exact) mass is 399 g/mol. The minimum Gasteiger partial charge on any atom is -0.376 e.